The fourth-order valence-corrected chi connectivity index (χ4v) is 2.75. The van der Waals surface area contributed by atoms with E-state index in [4.69, 9.17) is 9.47 Å². The zero-order valence-corrected chi connectivity index (χ0v) is 14.1. The minimum Gasteiger partial charge on any atom is -0.496 e. The molecule has 1 atom stereocenters. The van der Waals surface area contributed by atoms with E-state index in [0.717, 1.165) is 23.3 Å². The molecule has 0 fully saturated rings. The smallest absolute Gasteiger partial charge is 0.264 e. The molecular formula is C15H15IN2O3. The lowest BCUT2D eigenvalue weighted by Gasteiger charge is -2.11. The molecule has 0 radical (unpaired) electrons. The lowest BCUT2D eigenvalue weighted by molar-refractivity contribution is 0.254. The van der Waals surface area contributed by atoms with Crippen LogP contribution in [0.3, 0.4) is 0 Å². The van der Waals surface area contributed by atoms with Crippen molar-refractivity contribution >= 4 is 22.6 Å². The molecule has 6 heteroatoms. The molecule has 1 N–H and O–H groups in total. The van der Waals surface area contributed by atoms with Crippen molar-refractivity contribution in [3.05, 3.63) is 37.3 Å². The summed E-state index contributed by atoms with van der Waals surface area (Å²) >= 11 is 1.99. The molecule has 1 aromatic heterocycles. The van der Waals surface area contributed by atoms with Gasteiger partial charge < -0.3 is 14.5 Å². The second-order valence-electron chi connectivity index (χ2n) is 5.11. The summed E-state index contributed by atoms with van der Waals surface area (Å²) in [7, 11) is 1.61. The van der Waals surface area contributed by atoms with Crippen LogP contribution in [-0.2, 0) is 6.42 Å². The predicted octanol–water partition coefficient (Wildman–Crippen LogP) is 2.68. The molecule has 0 amide bonds. The van der Waals surface area contributed by atoms with E-state index in [2.05, 4.69) is 9.97 Å². The summed E-state index contributed by atoms with van der Waals surface area (Å²) in [6.07, 6.45) is 1.02. The van der Waals surface area contributed by atoms with E-state index in [0.29, 0.717) is 20.8 Å². The van der Waals surface area contributed by atoms with Crippen LogP contribution in [0, 0.1) is 10.5 Å². The number of ether oxygens (including phenoxy) is 2. The Bertz CT molecular complexity index is 770. The van der Waals surface area contributed by atoms with Gasteiger partial charge in [0, 0.05) is 12.0 Å². The third kappa shape index (κ3) is 2.52. The van der Waals surface area contributed by atoms with Crippen LogP contribution in [0.5, 0.6) is 11.5 Å². The number of rotatable bonds is 2. The fourth-order valence-electron chi connectivity index (χ4n) is 2.49. The van der Waals surface area contributed by atoms with Crippen LogP contribution in [0.15, 0.2) is 16.9 Å². The summed E-state index contributed by atoms with van der Waals surface area (Å²) in [5, 5.41) is 0. The SMILES string of the molecule is COc1cc2c(cc1-c1nc(C)c(I)c(=O)[nH]1)OC(C)C2. The molecule has 5 nitrogen and oxygen atoms in total. The van der Waals surface area contributed by atoms with Gasteiger partial charge in [0.25, 0.3) is 5.56 Å². The van der Waals surface area contributed by atoms with Crippen LogP contribution in [0.4, 0.5) is 0 Å². The Morgan fingerprint density at radius 2 is 2.24 bits per heavy atom. The molecule has 2 heterocycles. The molecule has 0 bridgehead atoms. The quantitative estimate of drug-likeness (QED) is 0.791. The van der Waals surface area contributed by atoms with Gasteiger partial charge in [0.1, 0.15) is 23.4 Å². The van der Waals surface area contributed by atoms with Gasteiger partial charge in [-0.25, -0.2) is 4.98 Å². The molecule has 1 aliphatic rings. The van der Waals surface area contributed by atoms with Crippen LogP contribution < -0.4 is 15.0 Å². The summed E-state index contributed by atoms with van der Waals surface area (Å²) in [6.45, 7) is 3.85. The molecule has 21 heavy (non-hydrogen) atoms. The number of aryl methyl sites for hydroxylation is 1. The van der Waals surface area contributed by atoms with Gasteiger partial charge in [0.15, 0.2) is 0 Å². The molecule has 3 rings (SSSR count). The molecule has 2 aromatic rings. The first-order chi connectivity index (χ1) is 9.99. The van der Waals surface area contributed by atoms with Gasteiger partial charge in [-0.15, -0.1) is 0 Å². The summed E-state index contributed by atoms with van der Waals surface area (Å²) in [5.41, 5.74) is 2.41. The van der Waals surface area contributed by atoms with Crippen molar-refractivity contribution in [2.45, 2.75) is 26.4 Å². The number of fused-ring (bicyclic) bond motifs is 1. The van der Waals surface area contributed by atoms with E-state index in [1.165, 1.54) is 0 Å². The van der Waals surface area contributed by atoms with Crippen LogP contribution in [0.25, 0.3) is 11.4 Å². The zero-order chi connectivity index (χ0) is 15.1. The Morgan fingerprint density at radius 3 is 2.90 bits per heavy atom. The standard InChI is InChI=1S/C15H15IN2O3/c1-7-4-9-5-12(20-3)10(6-11(9)21-7)14-17-8(2)13(16)15(19)18-14/h5-7H,4H2,1-3H3,(H,17,18,19). The fraction of sp³-hybridized carbons (Fsp3) is 0.333. The molecular weight excluding hydrogens is 383 g/mol. The zero-order valence-electron chi connectivity index (χ0n) is 12.0. The first-order valence-corrected chi connectivity index (χ1v) is 7.72. The molecule has 1 aromatic carbocycles. The maximum absolute atomic E-state index is 11.9. The third-order valence-corrected chi connectivity index (χ3v) is 4.77. The van der Waals surface area contributed by atoms with E-state index in [1.54, 1.807) is 7.11 Å². The van der Waals surface area contributed by atoms with Crippen LogP contribution in [0.1, 0.15) is 18.2 Å². The number of aromatic amines is 1. The first-order valence-electron chi connectivity index (χ1n) is 6.64. The molecule has 0 spiro atoms. The molecule has 1 aliphatic heterocycles. The molecule has 0 saturated heterocycles. The number of aromatic nitrogens is 2. The number of hydrogen-bond donors (Lipinski definition) is 1. The van der Waals surface area contributed by atoms with Crippen molar-refractivity contribution in [3.8, 4) is 22.9 Å². The number of hydrogen-bond acceptors (Lipinski definition) is 4. The van der Waals surface area contributed by atoms with Crippen molar-refractivity contribution in [2.75, 3.05) is 7.11 Å². The highest BCUT2D eigenvalue weighted by atomic mass is 127. The van der Waals surface area contributed by atoms with Crippen LogP contribution in [-0.4, -0.2) is 23.2 Å². The van der Waals surface area contributed by atoms with Crippen molar-refractivity contribution in [3.63, 3.8) is 0 Å². The average Bonchev–Trinajstić information content (AvgIpc) is 2.81. The topological polar surface area (TPSA) is 64.2 Å². The Labute approximate surface area is 135 Å². The second kappa shape index (κ2) is 5.32. The largest absolute Gasteiger partial charge is 0.496 e. The minimum absolute atomic E-state index is 0.144. The number of nitrogens with zero attached hydrogens (tertiary/aromatic N) is 1. The van der Waals surface area contributed by atoms with Gasteiger partial charge in [0.2, 0.25) is 0 Å². The first kappa shape index (κ1) is 14.4. The van der Waals surface area contributed by atoms with Gasteiger partial charge in [0.05, 0.1) is 21.9 Å². The van der Waals surface area contributed by atoms with Crippen molar-refractivity contribution < 1.29 is 9.47 Å². The lowest BCUT2D eigenvalue weighted by atomic mass is 10.1. The summed E-state index contributed by atoms with van der Waals surface area (Å²) in [5.74, 6) is 2.02. The summed E-state index contributed by atoms with van der Waals surface area (Å²) < 4.78 is 11.8. The van der Waals surface area contributed by atoms with E-state index < -0.39 is 0 Å². The van der Waals surface area contributed by atoms with Gasteiger partial charge in [-0.05, 0) is 48.6 Å². The van der Waals surface area contributed by atoms with Crippen molar-refractivity contribution in [1.82, 2.24) is 9.97 Å². The number of methoxy groups -OCH3 is 1. The Kier molecular flexibility index (Phi) is 3.64. The maximum Gasteiger partial charge on any atom is 0.264 e. The summed E-state index contributed by atoms with van der Waals surface area (Å²) in [4.78, 5) is 19.2. The average molecular weight is 398 g/mol. The third-order valence-electron chi connectivity index (χ3n) is 3.50. The number of H-pyrrole nitrogens is 1. The van der Waals surface area contributed by atoms with E-state index in [-0.39, 0.29) is 11.7 Å². The monoisotopic (exact) mass is 398 g/mol. The molecule has 0 aliphatic carbocycles. The van der Waals surface area contributed by atoms with E-state index in [9.17, 15) is 4.79 Å². The van der Waals surface area contributed by atoms with Crippen molar-refractivity contribution in [1.29, 1.82) is 0 Å². The van der Waals surface area contributed by atoms with E-state index in [1.807, 2.05) is 48.6 Å². The molecule has 1 unspecified atom stereocenters. The minimum atomic E-state index is -0.144. The maximum atomic E-state index is 11.9. The Balaban J connectivity index is 2.19. The lowest BCUT2D eigenvalue weighted by Crippen LogP contribution is -2.14. The Morgan fingerprint density at radius 1 is 1.48 bits per heavy atom. The normalized spacial score (nSPS) is 16.5. The molecule has 110 valence electrons. The van der Waals surface area contributed by atoms with Crippen molar-refractivity contribution in [2.24, 2.45) is 0 Å². The highest BCUT2D eigenvalue weighted by molar-refractivity contribution is 14.1. The predicted molar refractivity (Wildman–Crippen MR) is 88.1 cm³/mol. The molecule has 0 saturated carbocycles. The van der Waals surface area contributed by atoms with Gasteiger partial charge in [-0.1, -0.05) is 0 Å². The number of benzene rings is 1. The van der Waals surface area contributed by atoms with Crippen LogP contribution >= 0.6 is 22.6 Å². The summed E-state index contributed by atoms with van der Waals surface area (Å²) in [6, 6.07) is 3.85. The highest BCUT2D eigenvalue weighted by Crippen LogP contribution is 2.38. The van der Waals surface area contributed by atoms with Gasteiger partial charge in [-0.3, -0.25) is 4.79 Å². The highest BCUT2D eigenvalue weighted by Gasteiger charge is 2.23. The number of halogens is 1. The van der Waals surface area contributed by atoms with E-state index >= 15 is 0 Å². The number of nitrogens with one attached hydrogen (secondary N) is 1. The van der Waals surface area contributed by atoms with Crippen LogP contribution in [0.2, 0.25) is 0 Å². The van der Waals surface area contributed by atoms with Gasteiger partial charge >= 0.3 is 0 Å². The Hall–Kier alpha value is -1.57. The van der Waals surface area contributed by atoms with Gasteiger partial charge in [-0.2, -0.15) is 0 Å². The second-order valence-corrected chi connectivity index (χ2v) is 6.19.